The lowest BCUT2D eigenvalue weighted by Crippen LogP contribution is -2.46. The first-order chi connectivity index (χ1) is 30.4. The van der Waals surface area contributed by atoms with Gasteiger partial charge in [-0.05, 0) is 98.9 Å². The second-order valence-corrected chi connectivity index (χ2v) is 16.3. The van der Waals surface area contributed by atoms with Gasteiger partial charge < -0.3 is 40.2 Å². The number of aromatic nitrogens is 2. The Kier molecular flexibility index (Phi) is 15.5. The predicted octanol–water partition coefficient (Wildman–Crippen LogP) is 8.36. The lowest BCUT2D eigenvalue weighted by atomic mass is 9.86. The van der Waals surface area contributed by atoms with E-state index in [1.165, 1.54) is 12.7 Å². The van der Waals surface area contributed by atoms with Gasteiger partial charge in [-0.2, -0.15) is 0 Å². The normalized spacial score (nSPS) is 14.0. The van der Waals surface area contributed by atoms with E-state index in [0.717, 1.165) is 99.6 Å². The zero-order valence-electron chi connectivity index (χ0n) is 38.1. The fourth-order valence-electron chi connectivity index (χ4n) is 8.15. The number of allylic oxidation sites excluding steroid dienone is 2. The molecule has 1 aromatic heterocycles. The molecule has 6 rings (SSSR count). The van der Waals surface area contributed by atoms with Crippen molar-refractivity contribution in [1.29, 1.82) is 0 Å². The number of rotatable bonds is 18. The number of fused-ring (bicyclic) bond motifs is 6. The van der Waals surface area contributed by atoms with Crippen LogP contribution in [0.1, 0.15) is 114 Å². The van der Waals surface area contributed by atoms with Gasteiger partial charge in [0.05, 0.1) is 25.9 Å². The average molecular weight is 858 g/mol. The molecule has 0 spiro atoms. The maximum Gasteiger partial charge on any atom is 0.407 e. The molecule has 4 amide bonds. The summed E-state index contributed by atoms with van der Waals surface area (Å²) in [4.78, 5) is 64.0. The van der Waals surface area contributed by atoms with Gasteiger partial charge in [-0.1, -0.05) is 81.8 Å². The molecule has 0 saturated heterocycles. The summed E-state index contributed by atoms with van der Waals surface area (Å²) in [6.07, 6.45) is 5.62. The third kappa shape index (κ3) is 10.6. The highest BCUT2D eigenvalue weighted by atomic mass is 16.5. The standard InChI is InChI=1S/C50H63N7O6/c1-9-23-56(49(60)47(55-45(58)13-5)33-17-15-14-16-18-33)29-44-53-41-22-20-34-25-39-37-21-19-35(24-36(37)30-63-43(39)26-38(34)48(41)54-44)40(12-4)52-42(31(6)10-2)28-57(32(7)11-3)46(59)27-51-50(61)62-8/h12,14-19,21,24-26,32,47,52H,9-11,13,20,22-23,27-30H2,1-8H3,(H,51,61)(H,53,54)(H,55,58)/b40-12-,42-31+/t32-,47+/m0/s1. The number of hydrogen-bond donors (Lipinski definition) is 4. The Morgan fingerprint density at radius 3 is 2.41 bits per heavy atom. The average Bonchev–Trinajstić information content (AvgIpc) is 3.74. The van der Waals surface area contributed by atoms with E-state index >= 15 is 0 Å². The minimum Gasteiger partial charge on any atom is -0.488 e. The van der Waals surface area contributed by atoms with Crippen molar-refractivity contribution in [3.63, 3.8) is 0 Å². The summed E-state index contributed by atoms with van der Waals surface area (Å²) in [5.41, 5.74) is 12.1. The van der Waals surface area contributed by atoms with Crippen molar-refractivity contribution in [3.05, 3.63) is 112 Å². The van der Waals surface area contributed by atoms with Crippen molar-refractivity contribution in [2.75, 3.05) is 26.7 Å². The molecule has 4 aromatic rings. The number of benzene rings is 3. The first-order valence-electron chi connectivity index (χ1n) is 22.3. The van der Waals surface area contributed by atoms with Crippen molar-refractivity contribution in [3.8, 4) is 28.1 Å². The van der Waals surface area contributed by atoms with Crippen LogP contribution in [0.15, 0.2) is 78.0 Å². The second-order valence-electron chi connectivity index (χ2n) is 16.3. The molecule has 4 N–H and O–H groups in total. The number of amides is 4. The van der Waals surface area contributed by atoms with Crippen LogP contribution in [0.5, 0.6) is 5.75 Å². The largest absolute Gasteiger partial charge is 0.488 e. The van der Waals surface area contributed by atoms with Crippen LogP contribution in [0.3, 0.4) is 0 Å². The molecule has 1 aliphatic carbocycles. The number of aryl methyl sites for hydroxylation is 2. The lowest BCUT2D eigenvalue weighted by molar-refractivity contribution is -0.137. The molecule has 0 radical (unpaired) electrons. The van der Waals surface area contributed by atoms with Crippen molar-refractivity contribution in [2.45, 2.75) is 112 Å². The number of methoxy groups -OCH3 is 1. The van der Waals surface area contributed by atoms with Crippen LogP contribution in [0.25, 0.3) is 28.1 Å². The topological polar surface area (TPSA) is 158 Å². The molecule has 2 aliphatic rings. The molecule has 13 heteroatoms. The number of H-pyrrole nitrogens is 1. The van der Waals surface area contributed by atoms with Crippen LogP contribution in [-0.2, 0) is 45.1 Å². The molecule has 0 unspecified atom stereocenters. The van der Waals surface area contributed by atoms with Gasteiger partial charge >= 0.3 is 6.09 Å². The number of nitrogens with one attached hydrogen (secondary N) is 4. The van der Waals surface area contributed by atoms with E-state index in [9.17, 15) is 19.2 Å². The van der Waals surface area contributed by atoms with Gasteiger partial charge in [0.25, 0.3) is 0 Å². The summed E-state index contributed by atoms with van der Waals surface area (Å²) in [6, 6.07) is 19.4. The molecule has 13 nitrogen and oxygen atoms in total. The molecule has 63 heavy (non-hydrogen) atoms. The summed E-state index contributed by atoms with van der Waals surface area (Å²) in [5, 5.41) is 9.16. The van der Waals surface area contributed by atoms with E-state index in [1.807, 2.05) is 64.1 Å². The third-order valence-electron chi connectivity index (χ3n) is 12.1. The maximum absolute atomic E-state index is 14.1. The minimum absolute atomic E-state index is 0.0483. The number of carbonyl (C=O) groups excluding carboxylic acids is 4. The molecule has 0 bridgehead atoms. The zero-order chi connectivity index (χ0) is 45.2. The SMILES string of the molecule is C/C=C(\N/C(CN(C(=O)CNC(=O)OC)[C@@H](C)CC)=C(\C)CC)c1ccc2c(c1)COc1cc3c(cc1-2)CCc1[nH]c(CN(CCC)C(=O)[C@H](NC(=O)CC)c2ccccc2)nc1-3. The lowest BCUT2D eigenvalue weighted by Gasteiger charge is -2.31. The Bertz CT molecular complexity index is 2370. The molecular weight excluding hydrogens is 795 g/mol. The fraction of sp³-hybridized carbons (Fsp3) is 0.420. The number of ether oxygens (including phenoxy) is 2. The highest BCUT2D eigenvalue weighted by Crippen LogP contribution is 2.44. The maximum atomic E-state index is 14.1. The van der Waals surface area contributed by atoms with Crippen molar-refractivity contribution in [1.82, 2.24) is 35.7 Å². The van der Waals surface area contributed by atoms with E-state index < -0.39 is 12.1 Å². The van der Waals surface area contributed by atoms with Crippen molar-refractivity contribution in [2.24, 2.45) is 0 Å². The van der Waals surface area contributed by atoms with Crippen molar-refractivity contribution < 1.29 is 28.7 Å². The molecule has 2 heterocycles. The smallest absolute Gasteiger partial charge is 0.407 e. The Hall–Kier alpha value is -6.37. The molecule has 3 aromatic carbocycles. The van der Waals surface area contributed by atoms with E-state index in [-0.39, 0.29) is 36.7 Å². The summed E-state index contributed by atoms with van der Waals surface area (Å²) < 4.78 is 11.2. The molecule has 334 valence electrons. The first-order valence-corrected chi connectivity index (χ1v) is 22.3. The molecule has 0 saturated carbocycles. The zero-order valence-corrected chi connectivity index (χ0v) is 38.1. The van der Waals surface area contributed by atoms with Crippen LogP contribution >= 0.6 is 0 Å². The van der Waals surface area contributed by atoms with Gasteiger partial charge in [-0.25, -0.2) is 9.78 Å². The van der Waals surface area contributed by atoms with Gasteiger partial charge in [0.2, 0.25) is 17.7 Å². The number of nitrogens with zero attached hydrogens (tertiary/aromatic N) is 3. The molecule has 1 aliphatic heterocycles. The number of alkyl carbamates (subject to hydrolysis) is 1. The molecule has 0 fully saturated rings. The Morgan fingerprint density at radius 2 is 1.73 bits per heavy atom. The molecule has 2 atom stereocenters. The summed E-state index contributed by atoms with van der Waals surface area (Å²) in [6.45, 7) is 15.5. The highest BCUT2D eigenvalue weighted by Gasteiger charge is 2.30. The van der Waals surface area contributed by atoms with Gasteiger partial charge in [0.15, 0.2) is 0 Å². The van der Waals surface area contributed by atoms with Crippen LogP contribution in [0.2, 0.25) is 0 Å². The van der Waals surface area contributed by atoms with Crippen LogP contribution in [0, 0.1) is 0 Å². The van der Waals surface area contributed by atoms with Crippen LogP contribution in [-0.4, -0.2) is 76.4 Å². The summed E-state index contributed by atoms with van der Waals surface area (Å²) in [5.74, 6) is 0.973. The van der Waals surface area contributed by atoms with Gasteiger partial charge in [0.1, 0.15) is 30.8 Å². The number of imidazole rings is 1. The molecular formula is C50H63N7O6. The number of carbonyl (C=O) groups is 4. The van der Waals surface area contributed by atoms with E-state index in [2.05, 4.69) is 69.9 Å². The second kappa shape index (κ2) is 21.1. The van der Waals surface area contributed by atoms with Crippen LogP contribution in [0.4, 0.5) is 4.79 Å². The van der Waals surface area contributed by atoms with E-state index in [1.54, 1.807) is 16.7 Å². The number of aromatic amines is 1. The van der Waals surface area contributed by atoms with Gasteiger partial charge in [0, 0.05) is 47.2 Å². The fourth-order valence-corrected chi connectivity index (χ4v) is 8.15. The van der Waals surface area contributed by atoms with Crippen LogP contribution < -0.4 is 20.7 Å². The van der Waals surface area contributed by atoms with E-state index in [4.69, 9.17) is 9.72 Å². The minimum atomic E-state index is -0.787. The van der Waals surface area contributed by atoms with Gasteiger partial charge in [-0.3, -0.25) is 14.4 Å². The Balaban J connectivity index is 1.22. The first kappa shape index (κ1) is 46.1. The van der Waals surface area contributed by atoms with E-state index in [0.29, 0.717) is 32.1 Å². The van der Waals surface area contributed by atoms with Crippen molar-refractivity contribution >= 4 is 29.5 Å². The number of hydrogen-bond acceptors (Lipinski definition) is 8. The Morgan fingerprint density at radius 1 is 0.952 bits per heavy atom. The Labute approximate surface area is 371 Å². The summed E-state index contributed by atoms with van der Waals surface area (Å²) >= 11 is 0. The highest BCUT2D eigenvalue weighted by molar-refractivity contribution is 5.89. The van der Waals surface area contributed by atoms with Gasteiger partial charge in [-0.15, -0.1) is 0 Å². The quantitative estimate of drug-likeness (QED) is 0.0778. The summed E-state index contributed by atoms with van der Waals surface area (Å²) in [7, 11) is 1.28. The predicted molar refractivity (Wildman–Crippen MR) is 246 cm³/mol. The third-order valence-corrected chi connectivity index (χ3v) is 12.1. The monoisotopic (exact) mass is 857 g/mol.